The molecule has 0 aliphatic rings. The number of amides is 2. The summed E-state index contributed by atoms with van der Waals surface area (Å²) in [6.07, 6.45) is 0.887. The van der Waals surface area contributed by atoms with Gasteiger partial charge in [-0.3, -0.25) is 9.59 Å². The minimum atomic E-state index is -0.451. The van der Waals surface area contributed by atoms with Crippen molar-refractivity contribution in [3.8, 4) is 0 Å². The highest BCUT2D eigenvalue weighted by molar-refractivity contribution is 9.09. The molecule has 0 spiro atoms. The molecule has 0 bridgehead atoms. The van der Waals surface area contributed by atoms with E-state index in [1.165, 1.54) is 6.92 Å². The molecule has 0 aromatic carbocycles. The number of rotatable bonds is 5. The molecular weight excluding hydrogens is 236 g/mol. The van der Waals surface area contributed by atoms with E-state index in [0.717, 1.165) is 11.8 Å². The monoisotopic (exact) mass is 250 g/mol. The van der Waals surface area contributed by atoms with Crippen molar-refractivity contribution in [3.63, 3.8) is 0 Å². The molecule has 0 heterocycles. The van der Waals surface area contributed by atoms with E-state index in [9.17, 15) is 9.59 Å². The van der Waals surface area contributed by atoms with Crippen molar-refractivity contribution in [2.24, 2.45) is 0 Å². The van der Waals surface area contributed by atoms with Crippen LogP contribution in [0.2, 0.25) is 0 Å². The van der Waals surface area contributed by atoms with Gasteiger partial charge in [0.05, 0.1) is 0 Å². The first kappa shape index (κ1) is 12.4. The molecule has 1 atom stereocenters. The molecule has 0 fully saturated rings. The van der Waals surface area contributed by atoms with Crippen LogP contribution < -0.4 is 10.6 Å². The summed E-state index contributed by atoms with van der Waals surface area (Å²) >= 11 is 3.26. The van der Waals surface area contributed by atoms with E-state index in [1.807, 2.05) is 0 Å². The van der Waals surface area contributed by atoms with Gasteiger partial charge in [0, 0.05) is 18.8 Å². The number of hydrogen-bond donors (Lipinski definition) is 2. The summed E-state index contributed by atoms with van der Waals surface area (Å²) in [5, 5.41) is 6.07. The fraction of sp³-hybridized carbons (Fsp3) is 0.750. The summed E-state index contributed by atoms with van der Waals surface area (Å²) in [6, 6.07) is -0.451. The normalized spacial score (nSPS) is 11.9. The second-order valence-electron chi connectivity index (χ2n) is 2.76. The van der Waals surface area contributed by atoms with Crippen LogP contribution in [0.15, 0.2) is 0 Å². The van der Waals surface area contributed by atoms with E-state index in [0.29, 0.717) is 6.54 Å². The highest BCUT2D eigenvalue weighted by Crippen LogP contribution is 1.86. The van der Waals surface area contributed by atoms with Crippen LogP contribution in [0.3, 0.4) is 0 Å². The summed E-state index contributed by atoms with van der Waals surface area (Å²) < 4.78 is 0. The molecule has 0 aromatic heterocycles. The lowest BCUT2D eigenvalue weighted by Gasteiger charge is -2.11. The molecule has 0 aliphatic carbocycles. The molecule has 2 N–H and O–H groups in total. The van der Waals surface area contributed by atoms with Gasteiger partial charge >= 0.3 is 0 Å². The molecule has 76 valence electrons. The number of nitrogens with one attached hydrogen (secondary N) is 2. The Balaban J connectivity index is 3.63. The number of alkyl halides is 1. The largest absolute Gasteiger partial charge is 0.354 e. The lowest BCUT2D eigenvalue weighted by atomic mass is 10.3. The van der Waals surface area contributed by atoms with E-state index in [1.54, 1.807) is 6.92 Å². The highest BCUT2D eigenvalue weighted by atomic mass is 79.9. The molecule has 0 saturated carbocycles. The minimum Gasteiger partial charge on any atom is -0.354 e. The van der Waals surface area contributed by atoms with Crippen LogP contribution >= 0.6 is 15.9 Å². The van der Waals surface area contributed by atoms with Crippen molar-refractivity contribution >= 4 is 27.7 Å². The molecule has 0 aliphatic heterocycles. The molecular formula is C8H15BrN2O2. The molecule has 0 saturated heterocycles. The zero-order chi connectivity index (χ0) is 10.3. The van der Waals surface area contributed by atoms with Crippen LogP contribution in [0.4, 0.5) is 0 Å². The Hall–Kier alpha value is -0.580. The summed E-state index contributed by atoms with van der Waals surface area (Å²) in [6.45, 7) is 3.68. The Labute approximate surface area is 86.6 Å². The van der Waals surface area contributed by atoms with Gasteiger partial charge in [-0.1, -0.05) is 15.9 Å². The van der Waals surface area contributed by atoms with Gasteiger partial charge in [0.25, 0.3) is 0 Å². The molecule has 4 nitrogen and oxygen atoms in total. The second-order valence-corrected chi connectivity index (χ2v) is 3.55. The first-order valence-corrected chi connectivity index (χ1v) is 5.31. The fourth-order valence-electron chi connectivity index (χ4n) is 0.802. The Kier molecular flexibility index (Phi) is 6.58. The zero-order valence-corrected chi connectivity index (χ0v) is 9.48. The number of halogens is 1. The van der Waals surface area contributed by atoms with Gasteiger partial charge in [-0.15, -0.1) is 0 Å². The van der Waals surface area contributed by atoms with Gasteiger partial charge in [0.2, 0.25) is 11.8 Å². The third-order valence-corrected chi connectivity index (χ3v) is 1.98. The van der Waals surface area contributed by atoms with Gasteiger partial charge < -0.3 is 10.6 Å². The van der Waals surface area contributed by atoms with Crippen molar-refractivity contribution in [2.75, 3.05) is 11.9 Å². The third kappa shape index (κ3) is 6.57. The predicted molar refractivity (Wildman–Crippen MR) is 54.7 cm³/mol. The van der Waals surface area contributed by atoms with Crippen molar-refractivity contribution in [1.29, 1.82) is 0 Å². The predicted octanol–water partition coefficient (Wildman–Crippen LogP) is 0.412. The van der Waals surface area contributed by atoms with E-state index in [2.05, 4.69) is 26.6 Å². The average molecular weight is 251 g/mol. The van der Waals surface area contributed by atoms with E-state index < -0.39 is 6.04 Å². The van der Waals surface area contributed by atoms with Gasteiger partial charge in [-0.05, 0) is 13.3 Å². The number of hydrogen-bond acceptors (Lipinski definition) is 2. The third-order valence-electron chi connectivity index (χ3n) is 1.42. The van der Waals surface area contributed by atoms with Crippen LogP contribution in [0.5, 0.6) is 0 Å². The van der Waals surface area contributed by atoms with Crippen molar-refractivity contribution in [2.45, 2.75) is 26.3 Å². The Morgan fingerprint density at radius 1 is 1.46 bits per heavy atom. The van der Waals surface area contributed by atoms with Gasteiger partial charge in [0.15, 0.2) is 0 Å². The van der Waals surface area contributed by atoms with E-state index in [4.69, 9.17) is 0 Å². The molecule has 0 rings (SSSR count). The Bertz CT molecular complexity index is 185. The van der Waals surface area contributed by atoms with Crippen LogP contribution in [-0.4, -0.2) is 29.7 Å². The zero-order valence-electron chi connectivity index (χ0n) is 7.89. The number of carbonyl (C=O) groups is 2. The maximum Gasteiger partial charge on any atom is 0.242 e. The Morgan fingerprint density at radius 3 is 2.54 bits per heavy atom. The maximum absolute atomic E-state index is 11.2. The van der Waals surface area contributed by atoms with Gasteiger partial charge in [0.1, 0.15) is 6.04 Å². The van der Waals surface area contributed by atoms with Crippen molar-refractivity contribution < 1.29 is 9.59 Å². The summed E-state index contributed by atoms with van der Waals surface area (Å²) in [4.78, 5) is 21.8. The smallest absolute Gasteiger partial charge is 0.242 e. The second kappa shape index (κ2) is 6.88. The van der Waals surface area contributed by atoms with Crippen molar-refractivity contribution in [1.82, 2.24) is 10.6 Å². The average Bonchev–Trinajstić information content (AvgIpc) is 2.03. The summed E-state index contributed by atoms with van der Waals surface area (Å²) in [5.74, 6) is -0.334. The van der Waals surface area contributed by atoms with Crippen LogP contribution in [0, 0.1) is 0 Å². The summed E-state index contributed by atoms with van der Waals surface area (Å²) in [7, 11) is 0. The molecule has 0 radical (unpaired) electrons. The highest BCUT2D eigenvalue weighted by Gasteiger charge is 2.11. The number of carbonyl (C=O) groups excluding carboxylic acids is 2. The quantitative estimate of drug-likeness (QED) is 0.549. The fourth-order valence-corrected chi connectivity index (χ4v) is 1.08. The van der Waals surface area contributed by atoms with Gasteiger partial charge in [-0.25, -0.2) is 0 Å². The van der Waals surface area contributed by atoms with Crippen LogP contribution in [0.1, 0.15) is 20.3 Å². The Morgan fingerprint density at radius 2 is 2.08 bits per heavy atom. The molecule has 5 heteroatoms. The topological polar surface area (TPSA) is 58.2 Å². The SMILES string of the molecule is CC(=O)N[C@@H](C)C(=O)NCCCBr. The maximum atomic E-state index is 11.2. The first-order chi connectivity index (χ1) is 6.07. The minimum absolute atomic E-state index is 0.142. The van der Waals surface area contributed by atoms with Crippen LogP contribution in [0.25, 0.3) is 0 Å². The molecule has 0 unspecified atom stereocenters. The van der Waals surface area contributed by atoms with Crippen LogP contribution in [-0.2, 0) is 9.59 Å². The van der Waals surface area contributed by atoms with Crippen molar-refractivity contribution in [3.05, 3.63) is 0 Å². The standard InChI is InChI=1S/C8H15BrN2O2/c1-6(11-7(2)12)8(13)10-5-3-4-9/h6H,3-5H2,1-2H3,(H,10,13)(H,11,12)/t6-/m0/s1. The first-order valence-electron chi connectivity index (χ1n) is 4.18. The van der Waals surface area contributed by atoms with E-state index >= 15 is 0 Å². The summed E-state index contributed by atoms with van der Waals surface area (Å²) in [5.41, 5.74) is 0. The van der Waals surface area contributed by atoms with Gasteiger partial charge in [-0.2, -0.15) is 0 Å². The molecule has 13 heavy (non-hydrogen) atoms. The molecule has 2 amide bonds. The van der Waals surface area contributed by atoms with E-state index in [-0.39, 0.29) is 11.8 Å². The lowest BCUT2D eigenvalue weighted by Crippen LogP contribution is -2.44. The molecule has 0 aromatic rings. The lowest BCUT2D eigenvalue weighted by molar-refractivity contribution is -0.127.